The molecule has 0 unspecified atom stereocenters. The van der Waals surface area contributed by atoms with Gasteiger partial charge in [-0.15, -0.1) is 0 Å². The number of carbonyl (C=O) groups is 2. The largest absolute Gasteiger partial charge is 0.466 e. The third kappa shape index (κ3) is 4.30. The second-order valence-corrected chi connectivity index (χ2v) is 5.45. The first-order valence-corrected chi connectivity index (χ1v) is 6.87. The predicted octanol–water partition coefficient (Wildman–Crippen LogP) is 2.43. The van der Waals surface area contributed by atoms with Crippen molar-refractivity contribution in [1.29, 1.82) is 0 Å². The number of esters is 2. The normalized spacial score (nSPS) is 20.4. The highest BCUT2D eigenvalue weighted by Crippen LogP contribution is 2.33. The van der Waals surface area contributed by atoms with Crippen molar-refractivity contribution < 1.29 is 19.1 Å². The van der Waals surface area contributed by atoms with Gasteiger partial charge in [0.1, 0.15) is 0 Å². The van der Waals surface area contributed by atoms with Gasteiger partial charge in [0.2, 0.25) is 6.10 Å². The van der Waals surface area contributed by atoms with Gasteiger partial charge in [0.25, 0.3) is 0 Å². The van der Waals surface area contributed by atoms with Crippen LogP contribution in [0.4, 0.5) is 0 Å². The smallest absolute Gasteiger partial charge is 0.348 e. The summed E-state index contributed by atoms with van der Waals surface area (Å²) in [6.45, 7) is 1.30. The van der Waals surface area contributed by atoms with Gasteiger partial charge in [-0.25, -0.2) is 4.79 Å². The zero-order valence-electron chi connectivity index (χ0n) is 10.3. The van der Waals surface area contributed by atoms with E-state index in [-0.39, 0.29) is 4.83 Å². The van der Waals surface area contributed by atoms with Crippen molar-refractivity contribution in [2.24, 2.45) is 5.92 Å². The van der Waals surface area contributed by atoms with E-state index in [0.29, 0.717) is 5.92 Å². The molecule has 98 valence electrons. The van der Waals surface area contributed by atoms with Crippen molar-refractivity contribution in [2.45, 2.75) is 50.0 Å². The van der Waals surface area contributed by atoms with Crippen molar-refractivity contribution in [1.82, 2.24) is 0 Å². The van der Waals surface area contributed by atoms with E-state index in [4.69, 9.17) is 4.74 Å². The van der Waals surface area contributed by atoms with Crippen molar-refractivity contribution in [3.63, 3.8) is 0 Å². The second kappa shape index (κ2) is 6.99. The molecule has 0 spiro atoms. The third-order valence-corrected chi connectivity index (χ3v) is 4.34. The van der Waals surface area contributed by atoms with Gasteiger partial charge in [-0.2, -0.15) is 0 Å². The Morgan fingerprint density at radius 1 is 1.24 bits per heavy atom. The first-order chi connectivity index (χ1) is 8.06. The molecule has 17 heavy (non-hydrogen) atoms. The molecule has 0 amide bonds. The Labute approximate surface area is 110 Å². The number of rotatable bonds is 4. The molecule has 0 aromatic carbocycles. The fraction of sp³-hybridized carbons (Fsp3) is 0.833. The highest BCUT2D eigenvalue weighted by atomic mass is 79.9. The Balaban J connectivity index is 2.66. The van der Waals surface area contributed by atoms with Gasteiger partial charge < -0.3 is 9.47 Å². The van der Waals surface area contributed by atoms with Crippen LogP contribution in [-0.4, -0.2) is 30.0 Å². The van der Waals surface area contributed by atoms with Crippen LogP contribution in [0.5, 0.6) is 0 Å². The molecule has 1 aliphatic carbocycles. The maximum atomic E-state index is 11.6. The maximum Gasteiger partial charge on any atom is 0.348 e. The molecule has 0 aromatic heterocycles. The lowest BCUT2D eigenvalue weighted by molar-refractivity contribution is -0.165. The van der Waals surface area contributed by atoms with Gasteiger partial charge in [0, 0.05) is 6.92 Å². The van der Waals surface area contributed by atoms with Crippen molar-refractivity contribution in [2.75, 3.05) is 7.11 Å². The quantitative estimate of drug-likeness (QED) is 0.591. The van der Waals surface area contributed by atoms with Gasteiger partial charge in [-0.1, -0.05) is 35.2 Å². The van der Waals surface area contributed by atoms with E-state index in [1.807, 2.05) is 0 Å². The summed E-state index contributed by atoms with van der Waals surface area (Å²) in [5.41, 5.74) is 0. The summed E-state index contributed by atoms with van der Waals surface area (Å²) in [6, 6.07) is 0. The van der Waals surface area contributed by atoms with Crippen molar-refractivity contribution >= 4 is 27.9 Å². The topological polar surface area (TPSA) is 52.6 Å². The average molecular weight is 307 g/mol. The molecule has 0 heterocycles. The minimum atomic E-state index is -0.833. The lowest BCUT2D eigenvalue weighted by Gasteiger charge is -2.30. The number of carbonyl (C=O) groups excluding carboxylic acids is 2. The van der Waals surface area contributed by atoms with Gasteiger partial charge >= 0.3 is 11.9 Å². The summed E-state index contributed by atoms with van der Waals surface area (Å²) in [5, 5.41) is 0. The zero-order chi connectivity index (χ0) is 12.8. The molecule has 1 fully saturated rings. The molecular weight excluding hydrogens is 288 g/mol. The summed E-state index contributed by atoms with van der Waals surface area (Å²) in [7, 11) is 1.30. The standard InChI is InChI=1S/C12H19BrO4/c1-8(14)17-11(12(15)16-2)10(13)9-6-4-3-5-7-9/h9-11H,3-7H2,1-2H3/t10-,11-/m1/s1. The number of hydrogen-bond acceptors (Lipinski definition) is 4. The van der Waals surface area contributed by atoms with Crippen molar-refractivity contribution in [3.05, 3.63) is 0 Å². The first kappa shape index (κ1) is 14.5. The summed E-state index contributed by atoms with van der Waals surface area (Å²) in [4.78, 5) is 22.5. The Bertz CT molecular complexity index is 274. The van der Waals surface area contributed by atoms with E-state index in [1.165, 1.54) is 33.3 Å². The second-order valence-electron chi connectivity index (χ2n) is 4.40. The van der Waals surface area contributed by atoms with Crippen LogP contribution in [-0.2, 0) is 19.1 Å². The third-order valence-electron chi connectivity index (χ3n) is 3.12. The molecule has 1 rings (SSSR count). The molecule has 0 N–H and O–H groups in total. The molecule has 0 radical (unpaired) electrons. The lowest BCUT2D eigenvalue weighted by Crippen LogP contribution is -2.40. The molecular formula is C12H19BrO4. The number of alkyl halides is 1. The van der Waals surface area contributed by atoms with Crippen LogP contribution in [0.2, 0.25) is 0 Å². The molecule has 0 saturated heterocycles. The van der Waals surface area contributed by atoms with Crippen LogP contribution >= 0.6 is 15.9 Å². The summed E-state index contributed by atoms with van der Waals surface area (Å²) in [5.74, 6) is -0.583. The van der Waals surface area contributed by atoms with Crippen molar-refractivity contribution in [3.8, 4) is 0 Å². The maximum absolute atomic E-state index is 11.6. The number of halogens is 1. The van der Waals surface area contributed by atoms with E-state index >= 15 is 0 Å². The van der Waals surface area contributed by atoms with E-state index in [2.05, 4.69) is 20.7 Å². The molecule has 1 aliphatic rings. The van der Waals surface area contributed by atoms with E-state index in [9.17, 15) is 9.59 Å². The average Bonchev–Trinajstić information content (AvgIpc) is 2.35. The van der Waals surface area contributed by atoms with Crippen LogP contribution in [0.25, 0.3) is 0 Å². The molecule has 4 nitrogen and oxygen atoms in total. The minimum Gasteiger partial charge on any atom is -0.466 e. The Morgan fingerprint density at radius 2 is 1.82 bits per heavy atom. The lowest BCUT2D eigenvalue weighted by atomic mass is 9.85. The monoisotopic (exact) mass is 306 g/mol. The minimum absolute atomic E-state index is 0.154. The van der Waals surface area contributed by atoms with Crippen LogP contribution in [0, 0.1) is 5.92 Å². The number of ether oxygens (including phenoxy) is 2. The van der Waals surface area contributed by atoms with Gasteiger partial charge in [-0.05, 0) is 18.8 Å². The van der Waals surface area contributed by atoms with E-state index in [0.717, 1.165) is 12.8 Å². The fourth-order valence-corrected chi connectivity index (χ4v) is 3.09. The van der Waals surface area contributed by atoms with Gasteiger partial charge in [0.15, 0.2) is 0 Å². The van der Waals surface area contributed by atoms with E-state index < -0.39 is 18.0 Å². The van der Waals surface area contributed by atoms with Gasteiger partial charge in [0.05, 0.1) is 11.9 Å². The summed E-state index contributed by atoms with van der Waals surface area (Å²) >= 11 is 3.50. The number of hydrogen-bond donors (Lipinski definition) is 0. The fourth-order valence-electron chi connectivity index (χ4n) is 2.24. The highest BCUT2D eigenvalue weighted by molar-refractivity contribution is 9.09. The van der Waals surface area contributed by atoms with E-state index in [1.54, 1.807) is 0 Å². The number of methoxy groups -OCH3 is 1. The molecule has 1 saturated carbocycles. The SMILES string of the molecule is COC(=O)[C@H](OC(C)=O)[C@H](Br)C1CCCCC1. The molecule has 2 atom stereocenters. The Kier molecular flexibility index (Phi) is 5.95. The molecule has 0 bridgehead atoms. The highest BCUT2D eigenvalue weighted by Gasteiger charge is 2.36. The van der Waals surface area contributed by atoms with Crippen LogP contribution in [0.15, 0.2) is 0 Å². The summed E-state index contributed by atoms with van der Waals surface area (Å²) in [6.07, 6.45) is 4.87. The van der Waals surface area contributed by atoms with Crippen LogP contribution in [0.3, 0.4) is 0 Å². The first-order valence-electron chi connectivity index (χ1n) is 5.95. The molecule has 5 heteroatoms. The van der Waals surface area contributed by atoms with Crippen LogP contribution in [0.1, 0.15) is 39.0 Å². The molecule has 0 aliphatic heterocycles. The predicted molar refractivity (Wildman–Crippen MR) is 66.9 cm³/mol. The van der Waals surface area contributed by atoms with Crippen LogP contribution < -0.4 is 0 Å². The molecule has 0 aromatic rings. The summed E-state index contributed by atoms with van der Waals surface area (Å²) < 4.78 is 9.74. The zero-order valence-corrected chi connectivity index (χ0v) is 11.9. The Morgan fingerprint density at radius 3 is 2.29 bits per heavy atom. The Hall–Kier alpha value is -0.580. The van der Waals surface area contributed by atoms with Gasteiger partial charge in [-0.3, -0.25) is 4.79 Å².